The van der Waals surface area contributed by atoms with Gasteiger partial charge in [-0.15, -0.1) is 0 Å². The summed E-state index contributed by atoms with van der Waals surface area (Å²) in [6, 6.07) is 5.08. The second kappa shape index (κ2) is 6.14. The zero-order valence-electron chi connectivity index (χ0n) is 10.5. The molecule has 0 saturated carbocycles. The molecule has 0 amide bonds. The van der Waals surface area contributed by atoms with Crippen LogP contribution in [-0.2, 0) is 11.2 Å². The Labute approximate surface area is 106 Å². The molecule has 0 aromatic heterocycles. The van der Waals surface area contributed by atoms with Crippen molar-refractivity contribution in [1.29, 1.82) is 0 Å². The summed E-state index contributed by atoms with van der Waals surface area (Å²) in [7, 11) is 0. The molecular weight excluding hydrogens is 234 g/mol. The van der Waals surface area contributed by atoms with Crippen LogP contribution in [0.1, 0.15) is 30.9 Å². The fraction of sp³-hybridized carbons (Fsp3) is 0.462. The number of carbonyl (C=O) groups is 1. The van der Waals surface area contributed by atoms with Gasteiger partial charge < -0.3 is 5.11 Å². The molecule has 0 aliphatic heterocycles. The molecule has 5 heteroatoms. The van der Waals surface area contributed by atoms with Crippen LogP contribution in [0.3, 0.4) is 0 Å². The highest BCUT2D eigenvalue weighted by molar-refractivity contribution is 5.67. The Morgan fingerprint density at radius 3 is 2.67 bits per heavy atom. The van der Waals surface area contributed by atoms with E-state index in [1.807, 2.05) is 13.0 Å². The van der Waals surface area contributed by atoms with E-state index >= 15 is 0 Å². The maximum Gasteiger partial charge on any atom is 0.303 e. The molecule has 18 heavy (non-hydrogen) atoms. The quantitative estimate of drug-likeness (QED) is 0.622. The van der Waals surface area contributed by atoms with Crippen molar-refractivity contribution in [2.45, 2.75) is 33.1 Å². The number of carboxylic acid groups (broad SMARTS) is 1. The van der Waals surface area contributed by atoms with Crippen LogP contribution < -0.4 is 0 Å². The number of rotatable bonds is 6. The van der Waals surface area contributed by atoms with E-state index in [-0.39, 0.29) is 18.0 Å². The number of nitro benzene ring substituents is 1. The molecule has 0 spiro atoms. The fourth-order valence-electron chi connectivity index (χ4n) is 1.92. The summed E-state index contributed by atoms with van der Waals surface area (Å²) in [5.74, 6) is -0.812. The summed E-state index contributed by atoms with van der Waals surface area (Å²) < 4.78 is 0. The highest BCUT2D eigenvalue weighted by Gasteiger charge is 2.15. The van der Waals surface area contributed by atoms with Crippen LogP contribution in [-0.4, -0.2) is 16.0 Å². The van der Waals surface area contributed by atoms with Crippen molar-refractivity contribution < 1.29 is 14.8 Å². The maximum atomic E-state index is 10.8. The third-order valence-electron chi connectivity index (χ3n) is 3.04. The lowest BCUT2D eigenvalue weighted by atomic mass is 9.93. The van der Waals surface area contributed by atoms with Gasteiger partial charge in [-0.1, -0.05) is 25.5 Å². The number of aliphatic carboxylic acids is 1. The Morgan fingerprint density at radius 2 is 2.17 bits per heavy atom. The molecule has 0 heterocycles. The molecule has 0 aliphatic rings. The first-order chi connectivity index (χ1) is 8.43. The predicted molar refractivity (Wildman–Crippen MR) is 67.6 cm³/mol. The standard InChI is InChI=1S/C13H17NO4/c1-3-10(8-13(15)16)6-11-5-4-9(2)12(7-11)14(17)18/h4-5,7,10H,3,6,8H2,1-2H3,(H,15,16). The fourth-order valence-corrected chi connectivity index (χ4v) is 1.92. The zero-order valence-corrected chi connectivity index (χ0v) is 10.5. The van der Waals surface area contributed by atoms with E-state index in [0.717, 1.165) is 12.0 Å². The molecule has 5 nitrogen and oxygen atoms in total. The van der Waals surface area contributed by atoms with E-state index in [0.29, 0.717) is 12.0 Å². The van der Waals surface area contributed by atoms with Crippen molar-refractivity contribution in [1.82, 2.24) is 0 Å². The van der Waals surface area contributed by atoms with Gasteiger partial charge in [0.1, 0.15) is 0 Å². The minimum Gasteiger partial charge on any atom is -0.481 e. The number of carboxylic acids is 1. The Kier molecular flexibility index (Phi) is 4.83. The third kappa shape index (κ3) is 3.84. The monoisotopic (exact) mass is 251 g/mol. The Bertz CT molecular complexity index is 456. The third-order valence-corrected chi connectivity index (χ3v) is 3.04. The van der Waals surface area contributed by atoms with Crippen molar-refractivity contribution >= 4 is 11.7 Å². The van der Waals surface area contributed by atoms with Crippen molar-refractivity contribution in [2.75, 3.05) is 0 Å². The number of aryl methyl sites for hydroxylation is 1. The second-order valence-corrected chi connectivity index (χ2v) is 4.45. The van der Waals surface area contributed by atoms with Crippen LogP contribution >= 0.6 is 0 Å². The summed E-state index contributed by atoms with van der Waals surface area (Å²) in [4.78, 5) is 21.1. The molecule has 1 rings (SSSR count). The molecule has 1 aromatic carbocycles. The lowest BCUT2D eigenvalue weighted by Crippen LogP contribution is -2.10. The van der Waals surface area contributed by atoms with Gasteiger partial charge in [0.25, 0.3) is 5.69 Å². The lowest BCUT2D eigenvalue weighted by Gasteiger charge is -2.12. The van der Waals surface area contributed by atoms with Gasteiger partial charge in [0.15, 0.2) is 0 Å². The number of hydrogen-bond donors (Lipinski definition) is 1. The molecule has 0 bridgehead atoms. The molecule has 0 fully saturated rings. The van der Waals surface area contributed by atoms with Crippen molar-refractivity contribution in [3.63, 3.8) is 0 Å². The van der Waals surface area contributed by atoms with Gasteiger partial charge in [0, 0.05) is 18.1 Å². The first kappa shape index (κ1) is 14.2. The molecule has 0 saturated heterocycles. The van der Waals surface area contributed by atoms with Gasteiger partial charge >= 0.3 is 5.97 Å². The minimum atomic E-state index is -0.830. The van der Waals surface area contributed by atoms with Gasteiger partial charge in [-0.2, -0.15) is 0 Å². The SMILES string of the molecule is CCC(CC(=O)O)Cc1ccc(C)c([N+](=O)[O-])c1. The summed E-state index contributed by atoms with van der Waals surface area (Å²) in [6.07, 6.45) is 1.40. The average Bonchev–Trinajstić information content (AvgIpc) is 2.29. The second-order valence-electron chi connectivity index (χ2n) is 4.45. The van der Waals surface area contributed by atoms with Gasteiger partial charge in [-0.25, -0.2) is 0 Å². The molecule has 98 valence electrons. The minimum absolute atomic E-state index is 0.0183. The lowest BCUT2D eigenvalue weighted by molar-refractivity contribution is -0.385. The summed E-state index contributed by atoms with van der Waals surface area (Å²) in [5.41, 5.74) is 1.54. The van der Waals surface area contributed by atoms with E-state index < -0.39 is 10.9 Å². The molecule has 0 radical (unpaired) electrons. The molecular formula is C13H17NO4. The van der Waals surface area contributed by atoms with Crippen LogP contribution in [0, 0.1) is 23.0 Å². The summed E-state index contributed by atoms with van der Waals surface area (Å²) in [5, 5.41) is 19.6. The van der Waals surface area contributed by atoms with Crippen LogP contribution in [0.5, 0.6) is 0 Å². The van der Waals surface area contributed by atoms with E-state index in [1.165, 1.54) is 0 Å². The topological polar surface area (TPSA) is 80.4 Å². The summed E-state index contributed by atoms with van der Waals surface area (Å²) >= 11 is 0. The van der Waals surface area contributed by atoms with Crippen molar-refractivity contribution in [3.8, 4) is 0 Å². The van der Waals surface area contributed by atoms with Gasteiger partial charge in [-0.05, 0) is 24.8 Å². The van der Waals surface area contributed by atoms with E-state index in [1.54, 1.807) is 19.1 Å². The van der Waals surface area contributed by atoms with Crippen LogP contribution in [0.15, 0.2) is 18.2 Å². The van der Waals surface area contributed by atoms with Gasteiger partial charge in [0.2, 0.25) is 0 Å². The highest BCUT2D eigenvalue weighted by Crippen LogP contribution is 2.23. The van der Waals surface area contributed by atoms with E-state index in [9.17, 15) is 14.9 Å². The van der Waals surface area contributed by atoms with Crippen molar-refractivity contribution in [2.24, 2.45) is 5.92 Å². The van der Waals surface area contributed by atoms with Gasteiger partial charge in [-0.3, -0.25) is 14.9 Å². The Balaban J connectivity index is 2.87. The van der Waals surface area contributed by atoms with E-state index in [4.69, 9.17) is 5.11 Å². The van der Waals surface area contributed by atoms with E-state index in [2.05, 4.69) is 0 Å². The normalized spacial score (nSPS) is 12.1. The summed E-state index contributed by atoms with van der Waals surface area (Å²) in [6.45, 7) is 3.62. The maximum absolute atomic E-state index is 10.8. The largest absolute Gasteiger partial charge is 0.481 e. The Morgan fingerprint density at radius 1 is 1.50 bits per heavy atom. The molecule has 1 unspecified atom stereocenters. The number of hydrogen-bond acceptors (Lipinski definition) is 3. The first-order valence-electron chi connectivity index (χ1n) is 5.89. The smallest absolute Gasteiger partial charge is 0.303 e. The highest BCUT2D eigenvalue weighted by atomic mass is 16.6. The van der Waals surface area contributed by atoms with Crippen LogP contribution in [0.2, 0.25) is 0 Å². The molecule has 1 N–H and O–H groups in total. The number of nitro groups is 1. The Hall–Kier alpha value is -1.91. The first-order valence-corrected chi connectivity index (χ1v) is 5.89. The van der Waals surface area contributed by atoms with Crippen LogP contribution in [0.4, 0.5) is 5.69 Å². The predicted octanol–water partition coefficient (Wildman–Crippen LogP) is 2.95. The molecule has 0 aliphatic carbocycles. The van der Waals surface area contributed by atoms with Gasteiger partial charge in [0.05, 0.1) is 4.92 Å². The van der Waals surface area contributed by atoms with Crippen molar-refractivity contribution in [3.05, 3.63) is 39.4 Å². The number of nitrogens with zero attached hydrogens (tertiary/aromatic N) is 1. The molecule has 1 atom stereocenters. The average molecular weight is 251 g/mol. The van der Waals surface area contributed by atoms with Crippen LogP contribution in [0.25, 0.3) is 0 Å². The molecule has 1 aromatic rings. The zero-order chi connectivity index (χ0) is 13.7. The number of benzene rings is 1.